The Morgan fingerprint density at radius 3 is 2.76 bits per heavy atom. The molecule has 1 unspecified atom stereocenters. The molecule has 7 heteroatoms. The lowest BCUT2D eigenvalue weighted by Gasteiger charge is -2.45. The first-order valence-electron chi connectivity index (χ1n) is 9.84. The van der Waals surface area contributed by atoms with Gasteiger partial charge in [0, 0.05) is 49.4 Å². The normalized spacial score (nSPS) is 18.4. The Kier molecular flexibility index (Phi) is 5.31. The molecule has 1 aliphatic heterocycles. The van der Waals surface area contributed by atoms with Gasteiger partial charge in [-0.05, 0) is 30.5 Å². The number of nitrogens with zero attached hydrogens (tertiary/aromatic N) is 5. The minimum atomic E-state index is -0.0305. The van der Waals surface area contributed by atoms with Gasteiger partial charge in [0.15, 0.2) is 0 Å². The van der Waals surface area contributed by atoms with Gasteiger partial charge in [0.05, 0.1) is 12.7 Å². The molecule has 2 aromatic heterocycles. The van der Waals surface area contributed by atoms with Crippen molar-refractivity contribution in [3.63, 3.8) is 0 Å². The Bertz CT molecular complexity index is 1000. The molecule has 0 aliphatic carbocycles. The summed E-state index contributed by atoms with van der Waals surface area (Å²) in [6, 6.07) is 10.1. The second kappa shape index (κ2) is 8.05. The SMILES string of the molecule is CC(=O)N1c2ccc(-c3cnn(CCN)c3)cc2C([N-]c2ccncc2)C[C@@H]1C. The highest BCUT2D eigenvalue weighted by Gasteiger charge is 2.29. The van der Waals surface area contributed by atoms with Crippen LogP contribution < -0.4 is 10.6 Å². The number of aromatic nitrogens is 3. The van der Waals surface area contributed by atoms with E-state index in [4.69, 9.17) is 11.1 Å². The molecule has 0 saturated heterocycles. The standard InChI is InChI=1S/C22H25N6O/c1-15-11-21(26-19-5-8-24-9-6-19)20-12-17(3-4-22(20)28(15)16(2)29)18-13-25-27(14-18)10-7-23/h3-6,8-9,12-15,21H,7,10-11,23H2,1-2H3/q-1/t15-,21?/m0/s1. The molecule has 1 aromatic carbocycles. The van der Waals surface area contributed by atoms with Crippen molar-refractivity contribution in [2.75, 3.05) is 11.4 Å². The molecule has 2 N–H and O–H groups in total. The summed E-state index contributed by atoms with van der Waals surface area (Å²) in [7, 11) is 0. The third-order valence-electron chi connectivity index (χ3n) is 5.28. The largest absolute Gasteiger partial charge is 0.678 e. The number of hydrogen-bond donors (Lipinski definition) is 1. The molecule has 3 aromatic rings. The first kappa shape index (κ1) is 19.1. The molecule has 0 spiro atoms. The molecule has 1 aliphatic rings. The minimum absolute atomic E-state index is 0.0305. The number of fused-ring (bicyclic) bond motifs is 1. The van der Waals surface area contributed by atoms with Gasteiger partial charge in [0.1, 0.15) is 0 Å². The fourth-order valence-electron chi connectivity index (χ4n) is 3.99. The average molecular weight is 389 g/mol. The van der Waals surface area contributed by atoms with E-state index in [2.05, 4.69) is 23.1 Å². The van der Waals surface area contributed by atoms with Crippen LogP contribution in [0.1, 0.15) is 31.9 Å². The van der Waals surface area contributed by atoms with Gasteiger partial charge in [-0.15, -0.1) is 5.69 Å². The molecule has 3 heterocycles. The second-order valence-corrected chi connectivity index (χ2v) is 7.38. The minimum Gasteiger partial charge on any atom is -0.678 e. The lowest BCUT2D eigenvalue weighted by Crippen LogP contribution is -2.41. The number of benzene rings is 1. The second-order valence-electron chi connectivity index (χ2n) is 7.38. The maximum Gasteiger partial charge on any atom is 0.224 e. The van der Waals surface area contributed by atoms with Gasteiger partial charge in [0.2, 0.25) is 5.91 Å². The van der Waals surface area contributed by atoms with E-state index in [9.17, 15) is 4.79 Å². The molecule has 4 rings (SSSR count). The third kappa shape index (κ3) is 3.86. The summed E-state index contributed by atoms with van der Waals surface area (Å²) in [6.07, 6.45) is 8.11. The Labute approximate surface area is 170 Å². The van der Waals surface area contributed by atoms with Crippen molar-refractivity contribution in [3.8, 4) is 11.1 Å². The fraction of sp³-hybridized carbons (Fsp3) is 0.318. The predicted molar refractivity (Wildman–Crippen MR) is 114 cm³/mol. The molecule has 0 saturated carbocycles. The molecule has 7 nitrogen and oxygen atoms in total. The maximum absolute atomic E-state index is 12.3. The van der Waals surface area contributed by atoms with Gasteiger partial charge in [-0.1, -0.05) is 30.3 Å². The van der Waals surface area contributed by atoms with Crippen molar-refractivity contribution >= 4 is 17.3 Å². The smallest absolute Gasteiger partial charge is 0.224 e. The summed E-state index contributed by atoms with van der Waals surface area (Å²) in [5.41, 5.74) is 10.6. The molecule has 150 valence electrons. The molecule has 2 atom stereocenters. The molecular weight excluding hydrogens is 364 g/mol. The van der Waals surface area contributed by atoms with Gasteiger partial charge in [0.25, 0.3) is 0 Å². The number of rotatable bonds is 5. The summed E-state index contributed by atoms with van der Waals surface area (Å²) in [4.78, 5) is 18.3. The van der Waals surface area contributed by atoms with Gasteiger partial charge < -0.3 is 16.0 Å². The number of anilines is 1. The highest BCUT2D eigenvalue weighted by atomic mass is 16.2. The number of nitrogens with two attached hydrogens (primary N) is 1. The molecule has 0 fully saturated rings. The molecule has 29 heavy (non-hydrogen) atoms. The van der Waals surface area contributed by atoms with Crippen LogP contribution in [0.25, 0.3) is 16.4 Å². The van der Waals surface area contributed by atoms with Crippen LogP contribution in [0.2, 0.25) is 0 Å². The zero-order valence-electron chi connectivity index (χ0n) is 16.7. The Morgan fingerprint density at radius 1 is 1.24 bits per heavy atom. The van der Waals surface area contributed by atoms with E-state index in [0.717, 1.165) is 34.5 Å². The fourth-order valence-corrected chi connectivity index (χ4v) is 3.99. The van der Waals surface area contributed by atoms with Crippen LogP contribution in [-0.2, 0) is 11.3 Å². The Hall–Kier alpha value is -3.19. The van der Waals surface area contributed by atoms with E-state index in [1.807, 2.05) is 46.2 Å². The van der Waals surface area contributed by atoms with Crippen molar-refractivity contribution in [2.24, 2.45) is 5.73 Å². The zero-order valence-corrected chi connectivity index (χ0v) is 16.7. The van der Waals surface area contributed by atoms with Crippen LogP contribution in [0.5, 0.6) is 0 Å². The summed E-state index contributed by atoms with van der Waals surface area (Å²) < 4.78 is 1.84. The lowest BCUT2D eigenvalue weighted by atomic mass is 9.89. The van der Waals surface area contributed by atoms with Crippen LogP contribution in [0.3, 0.4) is 0 Å². The van der Waals surface area contributed by atoms with E-state index < -0.39 is 0 Å². The van der Waals surface area contributed by atoms with Gasteiger partial charge in [-0.25, -0.2) is 0 Å². The summed E-state index contributed by atoms with van der Waals surface area (Å²) in [5.74, 6) is 0.0460. The number of amides is 1. The number of pyridine rings is 1. The molecule has 0 bridgehead atoms. The predicted octanol–water partition coefficient (Wildman–Crippen LogP) is 3.80. The maximum atomic E-state index is 12.3. The summed E-state index contributed by atoms with van der Waals surface area (Å²) >= 11 is 0. The van der Waals surface area contributed by atoms with Crippen LogP contribution in [-0.4, -0.2) is 33.3 Å². The molecule has 0 radical (unpaired) electrons. The van der Waals surface area contributed by atoms with Gasteiger partial charge in [-0.3, -0.25) is 14.5 Å². The van der Waals surface area contributed by atoms with Crippen molar-refractivity contribution in [2.45, 2.75) is 38.9 Å². The topological polar surface area (TPSA) is 91.1 Å². The lowest BCUT2D eigenvalue weighted by molar-refractivity contribution is -0.117. The number of carbonyl (C=O) groups is 1. The van der Waals surface area contributed by atoms with E-state index in [-0.39, 0.29) is 18.0 Å². The zero-order chi connectivity index (χ0) is 20.4. The first-order chi connectivity index (χ1) is 14.1. The van der Waals surface area contributed by atoms with Gasteiger partial charge in [-0.2, -0.15) is 5.10 Å². The third-order valence-corrected chi connectivity index (χ3v) is 5.28. The van der Waals surface area contributed by atoms with Crippen LogP contribution in [0, 0.1) is 0 Å². The molecular formula is C22H25N6O-. The van der Waals surface area contributed by atoms with Crippen LogP contribution in [0.4, 0.5) is 11.4 Å². The highest BCUT2D eigenvalue weighted by Crippen LogP contribution is 2.45. The summed E-state index contributed by atoms with van der Waals surface area (Å²) in [6.45, 7) is 4.92. The number of hydrogen-bond acceptors (Lipinski definition) is 4. The Balaban J connectivity index is 1.74. The van der Waals surface area contributed by atoms with Crippen LogP contribution in [0.15, 0.2) is 55.1 Å². The van der Waals surface area contributed by atoms with E-state index in [0.29, 0.717) is 13.1 Å². The van der Waals surface area contributed by atoms with Crippen molar-refractivity contribution in [1.82, 2.24) is 14.8 Å². The Morgan fingerprint density at radius 2 is 2.03 bits per heavy atom. The monoisotopic (exact) mass is 389 g/mol. The van der Waals surface area contributed by atoms with Crippen molar-refractivity contribution < 1.29 is 4.79 Å². The van der Waals surface area contributed by atoms with Crippen LogP contribution >= 0.6 is 0 Å². The average Bonchev–Trinajstić information content (AvgIpc) is 3.17. The quantitative estimate of drug-likeness (QED) is 0.718. The van der Waals surface area contributed by atoms with Crippen molar-refractivity contribution in [1.29, 1.82) is 0 Å². The number of carbonyl (C=O) groups excluding carboxylic acids is 1. The van der Waals surface area contributed by atoms with Crippen molar-refractivity contribution in [3.05, 3.63) is 66.0 Å². The molecule has 1 amide bonds. The van der Waals surface area contributed by atoms with Gasteiger partial charge >= 0.3 is 0 Å². The van der Waals surface area contributed by atoms with E-state index >= 15 is 0 Å². The van der Waals surface area contributed by atoms with E-state index in [1.165, 1.54) is 0 Å². The summed E-state index contributed by atoms with van der Waals surface area (Å²) in [5, 5.41) is 9.34. The highest BCUT2D eigenvalue weighted by molar-refractivity contribution is 5.94. The van der Waals surface area contributed by atoms with E-state index in [1.54, 1.807) is 19.3 Å². The first-order valence-corrected chi connectivity index (χ1v) is 9.84.